The predicted octanol–water partition coefficient (Wildman–Crippen LogP) is 4.85. The largest absolute Gasteiger partial charge is 0.335 e. The molecule has 5 aromatic carbocycles. The number of rotatable bonds is 6. The average molecular weight is 526 g/mol. The number of hydrogen-bond donors (Lipinski definition) is 3. The van der Waals surface area contributed by atoms with Gasteiger partial charge in [-0.25, -0.2) is 10.5 Å². The van der Waals surface area contributed by atoms with Gasteiger partial charge in [-0.15, -0.1) is 0 Å². The molecule has 8 heteroatoms. The summed E-state index contributed by atoms with van der Waals surface area (Å²) in [6, 6.07) is 32.1. The summed E-state index contributed by atoms with van der Waals surface area (Å²) in [7, 11) is 0. The molecule has 0 aliphatic carbocycles. The number of benzene rings is 5. The van der Waals surface area contributed by atoms with Crippen LogP contribution in [-0.2, 0) is 4.79 Å². The Morgan fingerprint density at radius 2 is 1.32 bits per heavy atom. The van der Waals surface area contributed by atoms with Gasteiger partial charge in [-0.2, -0.15) is 10.2 Å². The van der Waals surface area contributed by atoms with Crippen molar-refractivity contribution in [3.8, 4) is 0 Å². The molecule has 0 aliphatic rings. The van der Waals surface area contributed by atoms with Gasteiger partial charge < -0.3 is 5.32 Å². The second-order valence-electron chi connectivity index (χ2n) is 9.22. The van der Waals surface area contributed by atoms with E-state index in [0.717, 1.165) is 27.1 Å². The molecule has 194 valence electrons. The zero-order valence-electron chi connectivity index (χ0n) is 21.2. The third-order valence-corrected chi connectivity index (χ3v) is 6.75. The minimum atomic E-state index is -1.24. The first-order chi connectivity index (χ1) is 19.6. The minimum Gasteiger partial charge on any atom is -0.335 e. The summed E-state index contributed by atoms with van der Waals surface area (Å²) in [5.41, 5.74) is 3.61. The first-order valence-corrected chi connectivity index (χ1v) is 12.7. The smallest absolute Gasteiger partial charge is 0.272 e. The van der Waals surface area contributed by atoms with E-state index in [-0.39, 0.29) is 5.69 Å². The summed E-state index contributed by atoms with van der Waals surface area (Å²) < 4.78 is 0. The zero-order chi connectivity index (χ0) is 27.5. The van der Waals surface area contributed by atoms with Crippen molar-refractivity contribution in [2.75, 3.05) is 0 Å². The first-order valence-electron chi connectivity index (χ1n) is 12.7. The van der Waals surface area contributed by atoms with Crippen molar-refractivity contribution in [1.82, 2.24) is 20.9 Å². The molecular weight excluding hydrogens is 502 g/mol. The zero-order valence-corrected chi connectivity index (χ0v) is 21.2. The lowest BCUT2D eigenvalue weighted by Gasteiger charge is -2.18. The molecule has 0 spiro atoms. The molecule has 3 N–H and O–H groups in total. The molecule has 40 heavy (non-hydrogen) atoms. The topological polar surface area (TPSA) is 116 Å². The lowest BCUT2D eigenvalue weighted by Crippen LogP contribution is -2.40. The first kappa shape index (κ1) is 24.7. The summed E-state index contributed by atoms with van der Waals surface area (Å²) in [6.45, 7) is 0. The van der Waals surface area contributed by atoms with Gasteiger partial charge in [0.15, 0.2) is 6.04 Å². The van der Waals surface area contributed by atoms with Gasteiger partial charge in [0.2, 0.25) is 0 Å². The van der Waals surface area contributed by atoms with Crippen LogP contribution in [0.1, 0.15) is 27.7 Å². The summed E-state index contributed by atoms with van der Waals surface area (Å²) in [6.07, 6.45) is 1.61. The van der Waals surface area contributed by atoms with Gasteiger partial charge in [-0.05, 0) is 45.8 Å². The molecular formula is C32H23N5O3. The molecule has 6 rings (SSSR count). The highest BCUT2D eigenvalue weighted by atomic mass is 16.2. The molecule has 0 bridgehead atoms. The van der Waals surface area contributed by atoms with Crippen LogP contribution in [0.4, 0.5) is 0 Å². The van der Waals surface area contributed by atoms with E-state index in [1.807, 2.05) is 48.5 Å². The molecule has 0 aliphatic heterocycles. The highest BCUT2D eigenvalue weighted by Crippen LogP contribution is 2.27. The van der Waals surface area contributed by atoms with Crippen LogP contribution in [0.5, 0.6) is 0 Å². The third kappa shape index (κ3) is 4.69. The lowest BCUT2D eigenvalue weighted by atomic mass is 9.97. The Morgan fingerprint density at radius 1 is 0.750 bits per heavy atom. The Kier molecular flexibility index (Phi) is 6.56. The number of nitrogens with one attached hydrogen (secondary N) is 3. The molecule has 1 atom stereocenters. The number of hydrazone groups is 1. The number of amides is 2. The van der Waals surface area contributed by atoms with E-state index in [2.05, 4.69) is 32.1 Å². The van der Waals surface area contributed by atoms with Crippen molar-refractivity contribution in [3.05, 3.63) is 136 Å². The fourth-order valence-corrected chi connectivity index (χ4v) is 4.83. The van der Waals surface area contributed by atoms with Crippen LogP contribution >= 0.6 is 0 Å². The number of hydrogen-bond acceptors (Lipinski definition) is 5. The number of fused-ring (bicyclic) bond motifs is 3. The quantitative estimate of drug-likeness (QED) is 0.164. The molecule has 2 amide bonds. The normalized spacial score (nSPS) is 12.1. The van der Waals surface area contributed by atoms with Crippen LogP contribution < -0.4 is 16.3 Å². The van der Waals surface area contributed by atoms with E-state index in [9.17, 15) is 14.4 Å². The highest BCUT2D eigenvalue weighted by Gasteiger charge is 2.27. The molecule has 1 aromatic heterocycles. The van der Waals surface area contributed by atoms with Crippen LogP contribution in [0.3, 0.4) is 0 Å². The summed E-state index contributed by atoms with van der Waals surface area (Å²) in [5, 5.41) is 18.5. The number of aromatic amines is 1. The van der Waals surface area contributed by atoms with Crippen LogP contribution in [0.2, 0.25) is 0 Å². The van der Waals surface area contributed by atoms with Crippen molar-refractivity contribution < 1.29 is 9.59 Å². The number of carbonyl (C=O) groups excluding carboxylic acids is 2. The molecule has 8 nitrogen and oxygen atoms in total. The number of nitrogens with zero attached hydrogens (tertiary/aromatic N) is 2. The predicted molar refractivity (Wildman–Crippen MR) is 156 cm³/mol. The van der Waals surface area contributed by atoms with E-state index in [1.165, 1.54) is 0 Å². The van der Waals surface area contributed by atoms with E-state index in [0.29, 0.717) is 16.3 Å². The number of aromatic nitrogens is 2. The van der Waals surface area contributed by atoms with E-state index in [4.69, 9.17) is 0 Å². The van der Waals surface area contributed by atoms with Gasteiger partial charge in [0, 0.05) is 16.5 Å². The number of carbonyl (C=O) groups is 2. The minimum absolute atomic E-state index is 0.197. The fraction of sp³-hybridized carbons (Fsp3) is 0.0312. The van der Waals surface area contributed by atoms with Crippen molar-refractivity contribution >= 4 is 50.3 Å². The van der Waals surface area contributed by atoms with E-state index >= 15 is 0 Å². The molecule has 0 saturated carbocycles. The van der Waals surface area contributed by atoms with Gasteiger partial charge in [0.25, 0.3) is 17.4 Å². The standard InChI is InChI=1S/C32H23N5O3/c38-30(20-10-2-1-3-11-20)34-29(28-25-16-8-9-17-26(25)31(39)37-35-28)32(40)36-33-19-27-23-14-6-4-12-21(23)18-22-13-5-7-15-24(22)27/h1-19,29H,(H,34,38)(H,36,40)(H,37,39)/b33-19-/t29-/m0/s1. The van der Waals surface area contributed by atoms with Crippen molar-refractivity contribution in [1.29, 1.82) is 0 Å². The molecule has 0 radical (unpaired) electrons. The maximum atomic E-state index is 13.6. The second kappa shape index (κ2) is 10.6. The Bertz CT molecular complexity index is 1930. The Labute approximate surface area is 228 Å². The Hall–Kier alpha value is -5.63. The Morgan fingerprint density at radius 3 is 2.00 bits per heavy atom. The third-order valence-electron chi connectivity index (χ3n) is 6.75. The summed E-state index contributed by atoms with van der Waals surface area (Å²) >= 11 is 0. The Balaban J connectivity index is 1.38. The summed E-state index contributed by atoms with van der Waals surface area (Å²) in [5.74, 6) is -1.09. The van der Waals surface area contributed by atoms with Gasteiger partial charge in [0.05, 0.1) is 11.6 Å². The maximum absolute atomic E-state index is 13.6. The molecule has 1 heterocycles. The van der Waals surface area contributed by atoms with Crippen LogP contribution in [0, 0.1) is 0 Å². The van der Waals surface area contributed by atoms with Crippen LogP contribution in [0.15, 0.2) is 119 Å². The lowest BCUT2D eigenvalue weighted by molar-refractivity contribution is -0.123. The van der Waals surface area contributed by atoms with Gasteiger partial charge in [-0.3, -0.25) is 14.4 Å². The van der Waals surface area contributed by atoms with Crippen molar-refractivity contribution in [2.24, 2.45) is 5.10 Å². The van der Waals surface area contributed by atoms with Gasteiger partial charge >= 0.3 is 0 Å². The van der Waals surface area contributed by atoms with Crippen molar-refractivity contribution in [3.63, 3.8) is 0 Å². The summed E-state index contributed by atoms with van der Waals surface area (Å²) in [4.78, 5) is 39.1. The van der Waals surface area contributed by atoms with Gasteiger partial charge in [-0.1, -0.05) is 84.9 Å². The van der Waals surface area contributed by atoms with E-state index < -0.39 is 23.4 Å². The fourth-order valence-electron chi connectivity index (χ4n) is 4.83. The molecule has 6 aromatic rings. The van der Waals surface area contributed by atoms with Crippen LogP contribution in [-0.4, -0.2) is 28.2 Å². The average Bonchev–Trinajstić information content (AvgIpc) is 3.00. The van der Waals surface area contributed by atoms with Crippen molar-refractivity contribution in [2.45, 2.75) is 6.04 Å². The number of H-pyrrole nitrogens is 1. The maximum Gasteiger partial charge on any atom is 0.272 e. The van der Waals surface area contributed by atoms with E-state index in [1.54, 1.807) is 60.8 Å². The molecule has 0 unspecified atom stereocenters. The second-order valence-corrected chi connectivity index (χ2v) is 9.22. The SMILES string of the molecule is O=C(N[C@H](C(=O)N/N=C\c1c2ccccc2cc2ccccc12)c1n[nH]c(=O)c2ccccc12)c1ccccc1. The van der Waals surface area contributed by atoms with Gasteiger partial charge in [0.1, 0.15) is 5.69 Å². The van der Waals surface area contributed by atoms with Crippen LogP contribution in [0.25, 0.3) is 32.3 Å². The monoisotopic (exact) mass is 525 g/mol. The molecule has 0 fully saturated rings. The molecule has 0 saturated heterocycles. The highest BCUT2D eigenvalue weighted by molar-refractivity contribution is 6.13.